The molecule has 1 aromatic rings. The molecule has 1 aliphatic carbocycles. The molecular weight excluding hydrogens is 262 g/mol. The van der Waals surface area contributed by atoms with Crippen LogP contribution in [-0.2, 0) is 0 Å². The van der Waals surface area contributed by atoms with Gasteiger partial charge in [0.2, 0.25) is 0 Å². The van der Waals surface area contributed by atoms with Crippen LogP contribution in [0.15, 0.2) is 29.2 Å². The second kappa shape index (κ2) is 6.22. The molecule has 3 unspecified atom stereocenters. The molecule has 1 saturated carbocycles. The minimum absolute atomic E-state index is 0.207. The van der Waals surface area contributed by atoms with E-state index in [0.29, 0.717) is 10.7 Å². The highest BCUT2D eigenvalue weighted by Gasteiger charge is 2.36. The molecule has 2 heteroatoms. The molecule has 0 aromatic heterocycles. The average molecular weight is 287 g/mol. The number of thioether (sulfide) groups is 1. The van der Waals surface area contributed by atoms with Gasteiger partial charge in [0.25, 0.3) is 0 Å². The van der Waals surface area contributed by atoms with Gasteiger partial charge in [0.15, 0.2) is 0 Å². The number of benzene rings is 1. The highest BCUT2D eigenvalue weighted by Crippen LogP contribution is 2.45. The smallest absolute Gasteiger partial charge is 0.0667 e. The summed E-state index contributed by atoms with van der Waals surface area (Å²) in [4.78, 5) is 1.34. The van der Waals surface area contributed by atoms with Crippen molar-refractivity contribution in [2.75, 3.05) is 0 Å². The Labute approximate surface area is 127 Å². The van der Waals surface area contributed by atoms with Crippen LogP contribution in [0, 0.1) is 35.5 Å². The van der Waals surface area contributed by atoms with Gasteiger partial charge >= 0.3 is 0 Å². The first-order chi connectivity index (χ1) is 9.41. The Morgan fingerprint density at radius 3 is 2.50 bits per heavy atom. The molecule has 0 aliphatic heterocycles. The van der Waals surface area contributed by atoms with Crippen LogP contribution in [-0.4, -0.2) is 5.25 Å². The molecule has 0 heterocycles. The Morgan fingerprint density at radius 2 is 1.90 bits per heavy atom. The zero-order chi connectivity index (χ0) is 14.8. The van der Waals surface area contributed by atoms with Crippen molar-refractivity contribution in [3.05, 3.63) is 29.8 Å². The van der Waals surface area contributed by atoms with Gasteiger partial charge in [-0.05, 0) is 49.1 Å². The predicted octanol–water partition coefficient (Wildman–Crippen LogP) is 5.44. The van der Waals surface area contributed by atoms with Crippen LogP contribution in [0.1, 0.15) is 45.6 Å². The van der Waals surface area contributed by atoms with Crippen LogP contribution in [0.3, 0.4) is 0 Å². The number of hydrogen-bond donors (Lipinski definition) is 0. The fraction of sp³-hybridized carbons (Fsp3) is 0.611. The van der Waals surface area contributed by atoms with Crippen molar-refractivity contribution >= 4 is 11.8 Å². The fourth-order valence-corrected chi connectivity index (χ4v) is 4.47. The van der Waals surface area contributed by atoms with E-state index in [0.717, 1.165) is 12.3 Å². The molecule has 2 rings (SSSR count). The van der Waals surface area contributed by atoms with Gasteiger partial charge in [-0.1, -0.05) is 39.0 Å². The quantitative estimate of drug-likeness (QED) is 0.723. The molecular formula is C18H25NS. The van der Waals surface area contributed by atoms with E-state index in [1.54, 1.807) is 0 Å². The summed E-state index contributed by atoms with van der Waals surface area (Å²) in [7, 11) is 0. The highest BCUT2D eigenvalue weighted by molar-refractivity contribution is 8.00. The summed E-state index contributed by atoms with van der Waals surface area (Å²) in [6.45, 7) is 9.16. The Morgan fingerprint density at radius 1 is 1.20 bits per heavy atom. The van der Waals surface area contributed by atoms with Crippen molar-refractivity contribution in [3.8, 4) is 6.07 Å². The van der Waals surface area contributed by atoms with E-state index in [-0.39, 0.29) is 5.92 Å². The number of nitrogens with zero attached hydrogens (tertiary/aromatic N) is 1. The molecule has 0 amide bonds. The molecule has 1 fully saturated rings. The summed E-state index contributed by atoms with van der Waals surface area (Å²) in [6.07, 6.45) is 3.43. The lowest BCUT2D eigenvalue weighted by Gasteiger charge is -2.39. The second-order valence-corrected chi connectivity index (χ2v) is 8.31. The summed E-state index contributed by atoms with van der Waals surface area (Å²) in [5.41, 5.74) is 1.68. The lowest BCUT2D eigenvalue weighted by atomic mass is 9.70. The highest BCUT2D eigenvalue weighted by atomic mass is 32.2. The third-order valence-electron chi connectivity index (χ3n) is 4.55. The molecule has 0 N–H and O–H groups in total. The third kappa shape index (κ3) is 3.58. The van der Waals surface area contributed by atoms with Crippen molar-refractivity contribution in [1.29, 1.82) is 5.26 Å². The van der Waals surface area contributed by atoms with Crippen LogP contribution in [0.5, 0.6) is 0 Å². The second-order valence-electron chi connectivity index (χ2n) is 7.03. The maximum atomic E-state index is 9.43. The van der Waals surface area contributed by atoms with Gasteiger partial charge in [-0.15, -0.1) is 11.8 Å². The van der Waals surface area contributed by atoms with E-state index >= 15 is 0 Å². The summed E-state index contributed by atoms with van der Waals surface area (Å²) in [5.74, 6) is 0.937. The van der Waals surface area contributed by atoms with E-state index < -0.39 is 0 Å². The average Bonchev–Trinajstić information content (AvgIpc) is 2.40. The summed E-state index contributed by atoms with van der Waals surface area (Å²) in [5, 5.41) is 9.88. The van der Waals surface area contributed by atoms with Crippen molar-refractivity contribution < 1.29 is 0 Å². The number of hydrogen-bond acceptors (Lipinski definition) is 2. The van der Waals surface area contributed by atoms with E-state index in [4.69, 9.17) is 0 Å². The molecule has 0 bridgehead atoms. The summed E-state index contributed by atoms with van der Waals surface area (Å²) >= 11 is 1.92. The number of rotatable bonds is 2. The first kappa shape index (κ1) is 15.4. The van der Waals surface area contributed by atoms with Gasteiger partial charge in [0.05, 0.1) is 12.0 Å². The predicted molar refractivity (Wildman–Crippen MR) is 86.7 cm³/mol. The normalized spacial score (nSPS) is 27.1. The van der Waals surface area contributed by atoms with Crippen molar-refractivity contribution in [1.82, 2.24) is 0 Å². The lowest BCUT2D eigenvalue weighted by molar-refractivity contribution is 0.169. The Hall–Kier alpha value is -0.940. The van der Waals surface area contributed by atoms with Crippen LogP contribution in [0.25, 0.3) is 0 Å². The molecule has 20 heavy (non-hydrogen) atoms. The zero-order valence-corrected chi connectivity index (χ0v) is 13.8. The zero-order valence-electron chi connectivity index (χ0n) is 13.0. The molecule has 0 radical (unpaired) electrons. The van der Waals surface area contributed by atoms with Crippen molar-refractivity contribution in [2.24, 2.45) is 17.3 Å². The van der Waals surface area contributed by atoms with Gasteiger partial charge in [0.1, 0.15) is 0 Å². The van der Waals surface area contributed by atoms with E-state index in [9.17, 15) is 5.26 Å². The standard InChI is InChI=1S/C18H25NS/c1-13-7-5-6-8-16(13)20-17-11-15(18(2,3)4)10-9-14(17)12-19/h5-8,14-15,17H,9-11H2,1-4H3. The third-order valence-corrected chi connectivity index (χ3v) is 6.09. The first-order valence-electron chi connectivity index (χ1n) is 7.53. The van der Waals surface area contributed by atoms with Crippen LogP contribution in [0.2, 0.25) is 0 Å². The molecule has 0 spiro atoms. The Kier molecular flexibility index (Phi) is 4.81. The van der Waals surface area contributed by atoms with Gasteiger partial charge in [-0.3, -0.25) is 0 Å². The number of aryl methyl sites for hydroxylation is 1. The monoisotopic (exact) mass is 287 g/mol. The largest absolute Gasteiger partial charge is 0.198 e. The fourth-order valence-electron chi connectivity index (χ4n) is 3.05. The molecule has 1 aliphatic rings. The lowest BCUT2D eigenvalue weighted by Crippen LogP contribution is -2.33. The van der Waals surface area contributed by atoms with Gasteiger partial charge in [-0.25, -0.2) is 0 Å². The van der Waals surface area contributed by atoms with Crippen LogP contribution in [0.4, 0.5) is 0 Å². The number of nitriles is 1. The van der Waals surface area contributed by atoms with Crippen molar-refractivity contribution in [2.45, 2.75) is 57.1 Å². The maximum Gasteiger partial charge on any atom is 0.0667 e. The van der Waals surface area contributed by atoms with E-state index in [1.165, 1.54) is 23.3 Å². The molecule has 1 aromatic carbocycles. The molecule has 108 valence electrons. The van der Waals surface area contributed by atoms with Crippen molar-refractivity contribution in [3.63, 3.8) is 0 Å². The molecule has 3 atom stereocenters. The first-order valence-corrected chi connectivity index (χ1v) is 8.41. The SMILES string of the molecule is Cc1ccccc1SC1CC(C(C)(C)C)CCC1C#N. The minimum atomic E-state index is 0.207. The van der Waals surface area contributed by atoms with Crippen LogP contribution >= 0.6 is 11.8 Å². The van der Waals surface area contributed by atoms with E-state index in [2.05, 4.69) is 58.0 Å². The van der Waals surface area contributed by atoms with Gasteiger partial charge in [-0.2, -0.15) is 5.26 Å². The summed E-state index contributed by atoms with van der Waals surface area (Å²) in [6, 6.07) is 11.1. The molecule has 1 nitrogen and oxygen atoms in total. The van der Waals surface area contributed by atoms with E-state index in [1.807, 2.05) is 11.8 Å². The Bertz CT molecular complexity index is 495. The Balaban J connectivity index is 2.14. The minimum Gasteiger partial charge on any atom is -0.198 e. The summed E-state index contributed by atoms with van der Waals surface area (Å²) < 4.78 is 0. The topological polar surface area (TPSA) is 23.8 Å². The van der Waals surface area contributed by atoms with Crippen LogP contribution < -0.4 is 0 Å². The van der Waals surface area contributed by atoms with Gasteiger partial charge in [0, 0.05) is 10.1 Å². The van der Waals surface area contributed by atoms with Gasteiger partial charge < -0.3 is 0 Å². The maximum absolute atomic E-state index is 9.43. The molecule has 0 saturated heterocycles.